The van der Waals surface area contributed by atoms with Gasteiger partial charge in [0.05, 0.1) is 12.5 Å². The fourth-order valence-electron chi connectivity index (χ4n) is 2.10. The molecule has 0 unspecified atom stereocenters. The van der Waals surface area contributed by atoms with Gasteiger partial charge in [-0.2, -0.15) is 5.10 Å². The molecule has 1 aromatic rings. The number of aromatic nitrogens is 2. The molecule has 1 saturated heterocycles. The Balaban J connectivity index is 2.20. The highest BCUT2D eigenvalue weighted by atomic mass is 32.2. The molecular formula is C10H16N4O3S. The first-order chi connectivity index (χ1) is 8.38. The van der Waals surface area contributed by atoms with Crippen LogP contribution in [0.25, 0.3) is 0 Å². The first-order valence-corrected chi connectivity index (χ1v) is 7.54. The van der Waals surface area contributed by atoms with E-state index in [0.717, 1.165) is 12.7 Å². The molecule has 7 nitrogen and oxygen atoms in total. The molecule has 0 radical (unpaired) electrons. The minimum atomic E-state index is -3.38. The van der Waals surface area contributed by atoms with E-state index < -0.39 is 16.1 Å². The third-order valence-corrected chi connectivity index (χ3v) is 3.58. The van der Waals surface area contributed by atoms with Crippen LogP contribution in [0.4, 0.5) is 5.82 Å². The van der Waals surface area contributed by atoms with E-state index >= 15 is 0 Å². The van der Waals surface area contributed by atoms with Gasteiger partial charge in [-0.15, -0.1) is 0 Å². The normalized spacial score (nSPS) is 21.3. The Kier molecular flexibility index (Phi) is 3.40. The molecule has 1 fully saturated rings. The zero-order valence-corrected chi connectivity index (χ0v) is 11.1. The lowest BCUT2D eigenvalue weighted by atomic mass is 10.1. The number of aryl methyl sites for hydroxylation is 1. The largest absolute Gasteiger partial charge is 0.296 e. The summed E-state index contributed by atoms with van der Waals surface area (Å²) in [4.78, 5) is 13.8. The molecule has 8 heteroatoms. The number of hydrogen-bond acceptors (Lipinski definition) is 4. The Morgan fingerprint density at radius 1 is 1.50 bits per heavy atom. The molecule has 1 aliphatic heterocycles. The van der Waals surface area contributed by atoms with Crippen LogP contribution in [0.1, 0.15) is 12.8 Å². The van der Waals surface area contributed by atoms with Crippen LogP contribution >= 0.6 is 0 Å². The van der Waals surface area contributed by atoms with Crippen LogP contribution in [0.3, 0.4) is 0 Å². The van der Waals surface area contributed by atoms with E-state index in [1.165, 1.54) is 0 Å². The molecule has 0 saturated carbocycles. The number of nitrogens with zero attached hydrogens (tertiary/aromatic N) is 3. The molecule has 18 heavy (non-hydrogen) atoms. The van der Waals surface area contributed by atoms with E-state index in [-0.39, 0.29) is 5.91 Å². The quantitative estimate of drug-likeness (QED) is 0.801. The van der Waals surface area contributed by atoms with E-state index in [9.17, 15) is 13.2 Å². The van der Waals surface area contributed by atoms with Crippen LogP contribution < -0.4 is 9.62 Å². The second kappa shape index (κ2) is 4.69. The van der Waals surface area contributed by atoms with Gasteiger partial charge in [-0.25, -0.2) is 13.1 Å². The average molecular weight is 272 g/mol. The summed E-state index contributed by atoms with van der Waals surface area (Å²) in [7, 11) is -1.63. The van der Waals surface area contributed by atoms with E-state index in [4.69, 9.17) is 0 Å². The number of amides is 1. The third kappa shape index (κ3) is 2.70. The second-order valence-corrected chi connectivity index (χ2v) is 6.17. The smallest absolute Gasteiger partial charge is 0.246 e. The van der Waals surface area contributed by atoms with Gasteiger partial charge in [0.2, 0.25) is 15.9 Å². The van der Waals surface area contributed by atoms with E-state index in [1.54, 1.807) is 28.9 Å². The summed E-state index contributed by atoms with van der Waals surface area (Å²) >= 11 is 0. The predicted molar refractivity (Wildman–Crippen MR) is 66.6 cm³/mol. The van der Waals surface area contributed by atoms with Crippen molar-refractivity contribution in [2.45, 2.75) is 18.9 Å². The van der Waals surface area contributed by atoms with Gasteiger partial charge in [0.15, 0.2) is 0 Å². The SMILES string of the molecule is Cn1nccc1N1CCC[C@H](NS(C)(=O)=O)C1=O. The second-order valence-electron chi connectivity index (χ2n) is 4.39. The lowest BCUT2D eigenvalue weighted by molar-refractivity contribution is -0.121. The highest BCUT2D eigenvalue weighted by molar-refractivity contribution is 7.88. The Morgan fingerprint density at radius 3 is 2.78 bits per heavy atom. The van der Waals surface area contributed by atoms with E-state index in [2.05, 4.69) is 9.82 Å². The van der Waals surface area contributed by atoms with Crippen molar-refractivity contribution in [3.05, 3.63) is 12.3 Å². The van der Waals surface area contributed by atoms with Gasteiger partial charge in [-0.1, -0.05) is 0 Å². The summed E-state index contributed by atoms with van der Waals surface area (Å²) in [6.07, 6.45) is 3.95. The summed E-state index contributed by atoms with van der Waals surface area (Å²) in [6.45, 7) is 0.584. The van der Waals surface area contributed by atoms with Crippen LogP contribution in [0, 0.1) is 0 Å². The number of hydrogen-bond donors (Lipinski definition) is 1. The van der Waals surface area contributed by atoms with Crippen molar-refractivity contribution in [2.75, 3.05) is 17.7 Å². The number of carbonyl (C=O) groups excluding carboxylic acids is 1. The van der Waals surface area contributed by atoms with Crippen molar-refractivity contribution in [3.8, 4) is 0 Å². The molecule has 2 rings (SSSR count). The topological polar surface area (TPSA) is 84.3 Å². The van der Waals surface area contributed by atoms with E-state index in [1.807, 2.05) is 0 Å². The molecule has 1 aromatic heterocycles. The minimum absolute atomic E-state index is 0.227. The van der Waals surface area contributed by atoms with Crippen molar-refractivity contribution in [1.29, 1.82) is 0 Å². The van der Waals surface area contributed by atoms with Gasteiger partial charge in [-0.3, -0.25) is 14.4 Å². The van der Waals surface area contributed by atoms with Gasteiger partial charge in [0.25, 0.3) is 0 Å². The standard InChI is InChI=1S/C10H16N4O3S/c1-13-9(5-6-11-13)14-7-3-4-8(10(14)15)12-18(2,16)17/h5-6,8,12H,3-4,7H2,1-2H3/t8-/m0/s1. The van der Waals surface area contributed by atoms with Gasteiger partial charge in [-0.05, 0) is 12.8 Å². The van der Waals surface area contributed by atoms with Crippen LogP contribution in [-0.4, -0.2) is 42.9 Å². The van der Waals surface area contributed by atoms with Crippen molar-refractivity contribution in [2.24, 2.45) is 7.05 Å². The van der Waals surface area contributed by atoms with Gasteiger partial charge in [0.1, 0.15) is 11.9 Å². The Bertz CT molecular complexity index is 551. The maximum atomic E-state index is 12.2. The highest BCUT2D eigenvalue weighted by Gasteiger charge is 2.32. The lowest BCUT2D eigenvalue weighted by Crippen LogP contribution is -2.52. The lowest BCUT2D eigenvalue weighted by Gasteiger charge is -2.31. The maximum Gasteiger partial charge on any atom is 0.246 e. The molecule has 0 aromatic carbocycles. The third-order valence-electron chi connectivity index (χ3n) is 2.87. The van der Waals surface area contributed by atoms with Crippen molar-refractivity contribution in [3.63, 3.8) is 0 Å². The summed E-state index contributed by atoms with van der Waals surface area (Å²) < 4.78 is 26.4. The number of anilines is 1. The number of piperidine rings is 1. The van der Waals surface area contributed by atoms with Crippen LogP contribution in [0.15, 0.2) is 12.3 Å². The number of nitrogens with one attached hydrogen (secondary N) is 1. The average Bonchev–Trinajstić information content (AvgIpc) is 2.66. The molecule has 1 aliphatic rings. The Morgan fingerprint density at radius 2 is 2.22 bits per heavy atom. The Labute approximate surface area is 106 Å². The molecule has 1 atom stereocenters. The summed E-state index contributed by atoms with van der Waals surface area (Å²) in [5, 5.41) is 4.01. The van der Waals surface area contributed by atoms with Gasteiger partial charge in [0, 0.05) is 19.7 Å². The summed E-state index contributed by atoms with van der Waals surface area (Å²) in [6, 6.07) is 1.06. The number of carbonyl (C=O) groups is 1. The molecule has 0 bridgehead atoms. The fraction of sp³-hybridized carbons (Fsp3) is 0.600. The zero-order chi connectivity index (χ0) is 13.3. The number of sulfonamides is 1. The monoisotopic (exact) mass is 272 g/mol. The van der Waals surface area contributed by atoms with Crippen molar-refractivity contribution < 1.29 is 13.2 Å². The fourth-order valence-corrected chi connectivity index (χ4v) is 2.84. The molecule has 0 spiro atoms. The van der Waals surface area contributed by atoms with Gasteiger partial charge >= 0.3 is 0 Å². The van der Waals surface area contributed by atoms with Gasteiger partial charge < -0.3 is 0 Å². The molecule has 2 heterocycles. The summed E-state index contributed by atoms with van der Waals surface area (Å²) in [5.74, 6) is 0.454. The molecule has 0 aliphatic carbocycles. The molecular weight excluding hydrogens is 256 g/mol. The molecule has 100 valence electrons. The van der Waals surface area contributed by atoms with Crippen LogP contribution in [0.5, 0.6) is 0 Å². The Hall–Kier alpha value is -1.41. The first kappa shape index (κ1) is 13.0. The molecule has 1 amide bonds. The number of rotatable bonds is 3. The maximum absolute atomic E-state index is 12.2. The zero-order valence-electron chi connectivity index (χ0n) is 10.3. The highest BCUT2D eigenvalue weighted by Crippen LogP contribution is 2.20. The van der Waals surface area contributed by atoms with Crippen molar-refractivity contribution >= 4 is 21.7 Å². The van der Waals surface area contributed by atoms with E-state index in [0.29, 0.717) is 18.8 Å². The predicted octanol–water partition coefficient (Wildman–Crippen LogP) is -0.535. The van der Waals surface area contributed by atoms with Crippen LogP contribution in [0.2, 0.25) is 0 Å². The first-order valence-electron chi connectivity index (χ1n) is 5.65. The summed E-state index contributed by atoms with van der Waals surface area (Å²) in [5.41, 5.74) is 0. The molecule has 1 N–H and O–H groups in total. The minimum Gasteiger partial charge on any atom is -0.296 e. The van der Waals surface area contributed by atoms with Crippen molar-refractivity contribution in [1.82, 2.24) is 14.5 Å². The van der Waals surface area contributed by atoms with Crippen LogP contribution in [-0.2, 0) is 21.9 Å².